The van der Waals surface area contributed by atoms with Gasteiger partial charge in [0.15, 0.2) is 11.6 Å². The van der Waals surface area contributed by atoms with E-state index in [0.717, 1.165) is 0 Å². The molecule has 20 heavy (non-hydrogen) atoms. The van der Waals surface area contributed by atoms with Gasteiger partial charge in [-0.3, -0.25) is 0 Å². The first-order valence-corrected chi connectivity index (χ1v) is 6.43. The topological polar surface area (TPSA) is 27.7 Å². The van der Waals surface area contributed by atoms with E-state index < -0.39 is 5.82 Å². The fourth-order valence-electron chi connectivity index (χ4n) is 1.78. The van der Waals surface area contributed by atoms with E-state index in [9.17, 15) is 4.39 Å². The highest BCUT2D eigenvalue weighted by molar-refractivity contribution is 5.34. The summed E-state index contributed by atoms with van der Waals surface area (Å²) in [5.41, 5.74) is 2.78. The molecule has 0 heterocycles. The second kappa shape index (κ2) is 7.61. The number of halogens is 1. The lowest BCUT2D eigenvalue weighted by Crippen LogP contribution is -2.19. The van der Waals surface area contributed by atoms with E-state index in [1.165, 1.54) is 19.2 Å². The summed E-state index contributed by atoms with van der Waals surface area (Å²) < 4.78 is 29.1. The second-order valence-corrected chi connectivity index (χ2v) is 4.62. The van der Waals surface area contributed by atoms with Crippen LogP contribution < -0.4 is 9.47 Å². The van der Waals surface area contributed by atoms with Crippen LogP contribution in [0.1, 0.15) is 13.8 Å². The number of hydrogen-bond donors (Lipinski definition) is 0. The molecule has 0 spiro atoms. The van der Waals surface area contributed by atoms with Crippen LogP contribution in [-0.2, 0) is 4.74 Å². The Bertz CT molecular complexity index is 492. The fourth-order valence-corrected chi connectivity index (χ4v) is 1.78. The van der Waals surface area contributed by atoms with Crippen molar-refractivity contribution >= 4 is 0 Å². The first-order valence-electron chi connectivity index (χ1n) is 6.43. The number of methoxy groups -OCH3 is 2. The maximum absolute atomic E-state index is 13.3. The minimum absolute atomic E-state index is 0.139. The summed E-state index contributed by atoms with van der Waals surface area (Å²) in [7, 11) is 3.02. The van der Waals surface area contributed by atoms with Gasteiger partial charge < -0.3 is 14.2 Å². The fraction of sp³-hybridized carbons (Fsp3) is 0.438. The molecule has 0 N–H and O–H groups in total. The largest absolute Gasteiger partial charge is 0.494 e. The Balaban J connectivity index is 2.65. The van der Waals surface area contributed by atoms with E-state index in [0.29, 0.717) is 18.1 Å². The lowest BCUT2D eigenvalue weighted by molar-refractivity contribution is 0.174. The van der Waals surface area contributed by atoms with Crippen LogP contribution in [0.25, 0.3) is 0 Å². The molecule has 3 nitrogen and oxygen atoms in total. The van der Waals surface area contributed by atoms with Gasteiger partial charge in [-0.25, -0.2) is 4.39 Å². The molecule has 1 aromatic rings. The van der Waals surface area contributed by atoms with Crippen LogP contribution in [0.2, 0.25) is 0 Å². The number of benzene rings is 1. The van der Waals surface area contributed by atoms with Crippen LogP contribution in [0, 0.1) is 17.7 Å². The van der Waals surface area contributed by atoms with Gasteiger partial charge in [-0.05, 0) is 12.1 Å². The predicted molar refractivity (Wildman–Crippen MR) is 76.4 cm³/mol. The molecule has 0 aliphatic carbocycles. The third-order valence-corrected chi connectivity index (χ3v) is 3.30. The lowest BCUT2D eigenvalue weighted by atomic mass is 9.95. The summed E-state index contributed by atoms with van der Waals surface area (Å²) in [6.45, 7) is 8.14. The lowest BCUT2D eigenvalue weighted by Gasteiger charge is -2.21. The molecule has 2 atom stereocenters. The maximum Gasteiger partial charge on any atom is 0.165 e. The van der Waals surface area contributed by atoms with E-state index in [2.05, 4.69) is 12.3 Å². The molecule has 0 aliphatic rings. The number of allylic oxidation sites excluding steroid dienone is 1. The van der Waals surface area contributed by atoms with Crippen LogP contribution in [0.3, 0.4) is 0 Å². The van der Waals surface area contributed by atoms with Crippen molar-refractivity contribution in [2.24, 2.45) is 11.8 Å². The van der Waals surface area contributed by atoms with Crippen LogP contribution in [0.15, 0.2) is 36.3 Å². The second-order valence-electron chi connectivity index (χ2n) is 4.62. The van der Waals surface area contributed by atoms with E-state index in [1.807, 2.05) is 13.8 Å². The number of hydrogen-bond acceptors (Lipinski definition) is 3. The molecule has 1 rings (SSSR count). The molecular formula is C16H21FO3. The highest BCUT2D eigenvalue weighted by atomic mass is 19.1. The van der Waals surface area contributed by atoms with E-state index in [-0.39, 0.29) is 17.6 Å². The van der Waals surface area contributed by atoms with Crippen molar-refractivity contribution in [2.45, 2.75) is 13.8 Å². The first-order chi connectivity index (χ1) is 9.53. The summed E-state index contributed by atoms with van der Waals surface area (Å²) in [6.07, 6.45) is 0. The van der Waals surface area contributed by atoms with Gasteiger partial charge in [0.25, 0.3) is 0 Å². The molecule has 0 aromatic heterocycles. The molecule has 0 saturated carbocycles. The van der Waals surface area contributed by atoms with E-state index in [1.54, 1.807) is 13.2 Å². The first kappa shape index (κ1) is 16.1. The van der Waals surface area contributed by atoms with Crippen molar-refractivity contribution in [3.05, 3.63) is 42.1 Å². The van der Waals surface area contributed by atoms with Crippen molar-refractivity contribution in [1.29, 1.82) is 0 Å². The minimum atomic E-state index is -0.405. The van der Waals surface area contributed by atoms with Crippen LogP contribution in [-0.4, -0.2) is 20.8 Å². The monoisotopic (exact) mass is 280 g/mol. The van der Waals surface area contributed by atoms with Gasteiger partial charge in [-0.1, -0.05) is 26.2 Å². The molecule has 4 heteroatoms. The SMILES string of the molecule is C=C=C(OC)C(C)C(C)COc1ccc(F)c(OC)c1. The van der Waals surface area contributed by atoms with Crippen molar-refractivity contribution in [2.75, 3.05) is 20.8 Å². The van der Waals surface area contributed by atoms with E-state index >= 15 is 0 Å². The summed E-state index contributed by atoms with van der Waals surface area (Å²) in [5.74, 6) is 1.39. The molecule has 0 radical (unpaired) electrons. The van der Waals surface area contributed by atoms with Crippen molar-refractivity contribution in [3.63, 3.8) is 0 Å². The van der Waals surface area contributed by atoms with Crippen molar-refractivity contribution < 1.29 is 18.6 Å². The average Bonchev–Trinajstić information content (AvgIpc) is 2.47. The van der Waals surface area contributed by atoms with Gasteiger partial charge in [0.1, 0.15) is 11.5 Å². The molecule has 110 valence electrons. The van der Waals surface area contributed by atoms with E-state index in [4.69, 9.17) is 14.2 Å². The van der Waals surface area contributed by atoms with Gasteiger partial charge in [0.05, 0.1) is 20.8 Å². The molecule has 1 aromatic carbocycles. The van der Waals surface area contributed by atoms with Crippen LogP contribution in [0.4, 0.5) is 4.39 Å². The van der Waals surface area contributed by atoms with Crippen molar-refractivity contribution in [1.82, 2.24) is 0 Å². The zero-order valence-corrected chi connectivity index (χ0v) is 12.4. The van der Waals surface area contributed by atoms with Gasteiger partial charge >= 0.3 is 0 Å². The normalized spacial score (nSPS) is 13.1. The zero-order chi connectivity index (χ0) is 15.1. The minimum Gasteiger partial charge on any atom is -0.494 e. The molecule has 0 amide bonds. The molecular weight excluding hydrogens is 259 g/mol. The molecule has 2 unspecified atom stereocenters. The van der Waals surface area contributed by atoms with Crippen LogP contribution >= 0.6 is 0 Å². The van der Waals surface area contributed by atoms with Gasteiger partial charge in [-0.15, -0.1) is 0 Å². The molecule has 0 fully saturated rings. The van der Waals surface area contributed by atoms with Gasteiger partial charge in [-0.2, -0.15) is 0 Å². The number of ether oxygens (including phenoxy) is 3. The third-order valence-electron chi connectivity index (χ3n) is 3.30. The Kier molecular flexibility index (Phi) is 6.13. The predicted octanol–water partition coefficient (Wildman–Crippen LogP) is 3.80. The Labute approximate surface area is 119 Å². The smallest absolute Gasteiger partial charge is 0.165 e. The Morgan fingerprint density at radius 2 is 2.05 bits per heavy atom. The van der Waals surface area contributed by atoms with Crippen molar-refractivity contribution in [3.8, 4) is 11.5 Å². The Hall–Kier alpha value is -1.93. The quantitative estimate of drug-likeness (QED) is 0.561. The van der Waals surface area contributed by atoms with Gasteiger partial charge in [0, 0.05) is 17.9 Å². The van der Waals surface area contributed by atoms with Crippen LogP contribution in [0.5, 0.6) is 11.5 Å². The average molecular weight is 280 g/mol. The summed E-state index contributed by atoms with van der Waals surface area (Å²) >= 11 is 0. The standard InChI is InChI=1S/C16H21FO3/c1-6-15(18-4)12(3)11(2)10-20-13-7-8-14(17)16(9-13)19-5/h7-9,11-12H,1,10H2,2-5H3. The Morgan fingerprint density at radius 1 is 1.35 bits per heavy atom. The maximum atomic E-state index is 13.3. The summed E-state index contributed by atoms with van der Waals surface area (Å²) in [6, 6.07) is 4.44. The van der Waals surface area contributed by atoms with Gasteiger partial charge in [0.2, 0.25) is 0 Å². The third kappa shape index (κ3) is 4.04. The zero-order valence-electron chi connectivity index (χ0n) is 12.4. The highest BCUT2D eigenvalue weighted by Crippen LogP contribution is 2.25. The molecule has 0 bridgehead atoms. The highest BCUT2D eigenvalue weighted by Gasteiger charge is 2.18. The summed E-state index contributed by atoms with van der Waals surface area (Å²) in [5, 5.41) is 0. The summed E-state index contributed by atoms with van der Waals surface area (Å²) in [4.78, 5) is 0. The molecule has 0 saturated heterocycles. The molecule has 0 aliphatic heterocycles. The Morgan fingerprint density at radius 3 is 2.60 bits per heavy atom. The number of rotatable bonds is 7.